The minimum atomic E-state index is -4.11. The van der Waals surface area contributed by atoms with E-state index < -0.39 is 5.51 Å². The van der Waals surface area contributed by atoms with Gasteiger partial charge in [-0.25, -0.2) is 0 Å². The van der Waals surface area contributed by atoms with Crippen LogP contribution in [0.1, 0.15) is 12.8 Å². The van der Waals surface area contributed by atoms with Crippen LogP contribution in [0.5, 0.6) is 0 Å². The third-order valence-corrected chi connectivity index (χ3v) is 3.37. The quantitative estimate of drug-likeness (QED) is 0.818. The minimum absolute atomic E-state index is 0.0564. The second-order valence-corrected chi connectivity index (χ2v) is 4.76. The average Bonchev–Trinajstić information content (AvgIpc) is 2.16. The van der Waals surface area contributed by atoms with Gasteiger partial charge in [0.05, 0.1) is 6.61 Å². The highest BCUT2D eigenvalue weighted by Crippen LogP contribution is 2.32. The molecule has 2 nitrogen and oxygen atoms in total. The Balaban J connectivity index is 2.23. The molecule has 1 heterocycles. The number of halogens is 3. The van der Waals surface area contributed by atoms with Crippen LogP contribution in [0.25, 0.3) is 0 Å². The van der Waals surface area contributed by atoms with E-state index in [1.807, 2.05) is 7.05 Å². The lowest BCUT2D eigenvalue weighted by atomic mass is 9.93. The predicted octanol–water partition coefficient (Wildman–Crippen LogP) is 2.25. The van der Waals surface area contributed by atoms with E-state index in [4.69, 9.17) is 4.74 Å². The van der Waals surface area contributed by atoms with Gasteiger partial charge in [0.2, 0.25) is 0 Å². The highest BCUT2D eigenvalue weighted by Gasteiger charge is 2.30. The molecule has 6 heteroatoms. The van der Waals surface area contributed by atoms with Gasteiger partial charge >= 0.3 is 5.51 Å². The molecule has 90 valence electrons. The second kappa shape index (κ2) is 5.96. The third-order valence-electron chi connectivity index (χ3n) is 2.60. The monoisotopic (exact) mass is 243 g/mol. The van der Waals surface area contributed by atoms with Crippen molar-refractivity contribution >= 4 is 11.8 Å². The van der Waals surface area contributed by atoms with Gasteiger partial charge in [-0.2, -0.15) is 13.2 Å². The number of ether oxygens (including phenoxy) is 1. The first-order valence-electron chi connectivity index (χ1n) is 4.98. The fourth-order valence-corrected chi connectivity index (χ4v) is 2.44. The highest BCUT2D eigenvalue weighted by molar-refractivity contribution is 8.00. The molecular formula is C9H16F3NOS. The van der Waals surface area contributed by atoms with E-state index in [1.165, 1.54) is 0 Å². The Labute approximate surface area is 91.9 Å². The summed E-state index contributed by atoms with van der Waals surface area (Å²) in [6.07, 6.45) is 1.44. The summed E-state index contributed by atoms with van der Waals surface area (Å²) in [5, 5.41) is 3.13. The number of alkyl halides is 3. The molecule has 1 aliphatic rings. The van der Waals surface area contributed by atoms with E-state index in [-0.39, 0.29) is 23.4 Å². The molecular weight excluding hydrogens is 227 g/mol. The van der Waals surface area contributed by atoms with Crippen molar-refractivity contribution < 1.29 is 17.9 Å². The molecule has 1 N–H and O–H groups in total. The number of thioether (sulfide) groups is 1. The molecule has 1 rings (SSSR count). The van der Waals surface area contributed by atoms with E-state index >= 15 is 0 Å². The maximum atomic E-state index is 11.9. The Bertz CT molecular complexity index is 189. The maximum absolute atomic E-state index is 11.9. The van der Waals surface area contributed by atoms with Crippen LogP contribution in [0.3, 0.4) is 0 Å². The van der Waals surface area contributed by atoms with E-state index in [2.05, 4.69) is 5.32 Å². The lowest BCUT2D eigenvalue weighted by Gasteiger charge is -2.31. The van der Waals surface area contributed by atoms with Crippen molar-refractivity contribution in [2.24, 2.45) is 5.92 Å². The fourth-order valence-electron chi connectivity index (χ4n) is 1.79. The zero-order valence-corrected chi connectivity index (χ0v) is 9.46. The van der Waals surface area contributed by atoms with Crippen molar-refractivity contribution in [1.29, 1.82) is 0 Å². The molecule has 1 fully saturated rings. The van der Waals surface area contributed by atoms with E-state index in [0.29, 0.717) is 25.7 Å². The summed E-state index contributed by atoms with van der Waals surface area (Å²) in [7, 11) is 1.85. The van der Waals surface area contributed by atoms with E-state index in [0.717, 1.165) is 6.42 Å². The van der Waals surface area contributed by atoms with Gasteiger partial charge in [-0.15, -0.1) is 0 Å². The topological polar surface area (TPSA) is 21.3 Å². The molecule has 0 aromatic carbocycles. The molecule has 0 aromatic heterocycles. The maximum Gasteiger partial charge on any atom is 0.441 e. The Morgan fingerprint density at radius 2 is 2.20 bits per heavy atom. The first kappa shape index (κ1) is 13.1. The first-order valence-corrected chi connectivity index (χ1v) is 5.97. The number of rotatable bonds is 4. The van der Waals surface area contributed by atoms with Gasteiger partial charge in [0, 0.05) is 18.4 Å². The molecule has 0 bridgehead atoms. The Kier molecular flexibility index (Phi) is 5.22. The molecule has 2 atom stereocenters. The van der Waals surface area contributed by atoms with Gasteiger partial charge in [-0.1, -0.05) is 11.8 Å². The highest BCUT2D eigenvalue weighted by atomic mass is 32.2. The number of hydrogen-bond donors (Lipinski definition) is 1. The summed E-state index contributed by atoms with van der Waals surface area (Å²) < 4.78 is 41.0. The molecule has 15 heavy (non-hydrogen) atoms. The van der Waals surface area contributed by atoms with Gasteiger partial charge in [-0.3, -0.25) is 0 Å². The molecule has 2 unspecified atom stereocenters. The zero-order valence-electron chi connectivity index (χ0n) is 8.64. The van der Waals surface area contributed by atoms with Gasteiger partial charge in [0.25, 0.3) is 0 Å². The smallest absolute Gasteiger partial charge is 0.381 e. The molecule has 0 saturated carbocycles. The van der Waals surface area contributed by atoms with Crippen LogP contribution in [-0.4, -0.2) is 37.6 Å². The fraction of sp³-hybridized carbons (Fsp3) is 1.00. The van der Waals surface area contributed by atoms with Crippen LogP contribution in [0.15, 0.2) is 0 Å². The van der Waals surface area contributed by atoms with Crippen LogP contribution in [-0.2, 0) is 4.74 Å². The summed E-state index contributed by atoms with van der Waals surface area (Å²) in [4.78, 5) is 0. The van der Waals surface area contributed by atoms with Crippen molar-refractivity contribution in [2.75, 3.05) is 26.0 Å². The van der Waals surface area contributed by atoms with Gasteiger partial charge < -0.3 is 10.1 Å². The SMILES string of the molecule is CNC1CCOCC1CCSC(F)(F)F. The van der Waals surface area contributed by atoms with Crippen molar-refractivity contribution in [3.05, 3.63) is 0 Å². The lowest BCUT2D eigenvalue weighted by molar-refractivity contribution is -0.0330. The van der Waals surface area contributed by atoms with Gasteiger partial charge in [-0.05, 0) is 25.8 Å². The number of hydrogen-bond acceptors (Lipinski definition) is 3. The minimum Gasteiger partial charge on any atom is -0.381 e. The Hall–Kier alpha value is 0.0600. The Morgan fingerprint density at radius 1 is 1.47 bits per heavy atom. The molecule has 0 aliphatic carbocycles. The summed E-state index contributed by atoms with van der Waals surface area (Å²) in [5.74, 6) is 0.328. The standard InChI is InChI=1S/C9H16F3NOS/c1-13-8-2-4-14-6-7(8)3-5-15-9(10,11)12/h7-8,13H,2-6H2,1H3. The lowest BCUT2D eigenvalue weighted by Crippen LogP contribution is -2.41. The normalized spacial score (nSPS) is 28.0. The summed E-state index contributed by atoms with van der Waals surface area (Å²) in [6, 6.07) is 0.299. The van der Waals surface area contributed by atoms with Crippen LogP contribution in [0.4, 0.5) is 13.2 Å². The molecule has 0 spiro atoms. The molecule has 0 amide bonds. The van der Waals surface area contributed by atoms with E-state index in [1.54, 1.807) is 0 Å². The largest absolute Gasteiger partial charge is 0.441 e. The van der Waals surface area contributed by atoms with Gasteiger partial charge in [0.15, 0.2) is 0 Å². The summed E-state index contributed by atoms with van der Waals surface area (Å²) in [6.45, 7) is 1.28. The van der Waals surface area contributed by atoms with Gasteiger partial charge in [0.1, 0.15) is 0 Å². The van der Waals surface area contributed by atoms with Crippen LogP contribution >= 0.6 is 11.8 Å². The predicted molar refractivity (Wildman–Crippen MR) is 54.9 cm³/mol. The van der Waals surface area contributed by atoms with Crippen LogP contribution in [0, 0.1) is 5.92 Å². The van der Waals surface area contributed by atoms with Crippen molar-refractivity contribution in [3.63, 3.8) is 0 Å². The van der Waals surface area contributed by atoms with Crippen molar-refractivity contribution in [3.8, 4) is 0 Å². The first-order chi connectivity index (χ1) is 7.03. The molecule has 1 aliphatic heterocycles. The van der Waals surface area contributed by atoms with Crippen molar-refractivity contribution in [1.82, 2.24) is 5.32 Å². The van der Waals surface area contributed by atoms with Crippen molar-refractivity contribution in [2.45, 2.75) is 24.4 Å². The number of nitrogens with one attached hydrogen (secondary N) is 1. The summed E-state index contributed by atoms with van der Waals surface area (Å²) >= 11 is 0.0564. The van der Waals surface area contributed by atoms with Crippen LogP contribution in [0.2, 0.25) is 0 Å². The van der Waals surface area contributed by atoms with Crippen LogP contribution < -0.4 is 5.32 Å². The second-order valence-electron chi connectivity index (χ2n) is 3.60. The third kappa shape index (κ3) is 5.08. The molecule has 0 aromatic rings. The zero-order chi connectivity index (χ0) is 11.3. The molecule has 1 saturated heterocycles. The van der Waals surface area contributed by atoms with E-state index in [9.17, 15) is 13.2 Å². The Morgan fingerprint density at radius 3 is 2.80 bits per heavy atom. The summed E-state index contributed by atoms with van der Waals surface area (Å²) in [5.41, 5.74) is -4.11. The molecule has 0 radical (unpaired) electrons. The average molecular weight is 243 g/mol.